The second kappa shape index (κ2) is 6.57. The first-order valence-electron chi connectivity index (χ1n) is 8.24. The number of nitro groups is 1. The minimum Gasteiger partial charge on any atom is -0.378 e. The fraction of sp³-hybridized carbons (Fsp3) is 0.222. The predicted octanol–water partition coefficient (Wildman–Crippen LogP) is 2.33. The molecule has 1 aliphatic rings. The minimum atomic E-state index is -0.465. The molecule has 0 bridgehead atoms. The molecule has 26 heavy (non-hydrogen) atoms. The molecule has 1 aromatic heterocycles. The monoisotopic (exact) mass is 352 g/mol. The van der Waals surface area contributed by atoms with Gasteiger partial charge in [0, 0.05) is 24.8 Å². The number of hydrogen-bond donors (Lipinski definition) is 1. The number of ether oxygens (including phenoxy) is 1. The van der Waals surface area contributed by atoms with Crippen molar-refractivity contribution in [2.24, 2.45) is 0 Å². The van der Waals surface area contributed by atoms with Crippen LogP contribution in [0.1, 0.15) is 0 Å². The molecule has 0 atom stereocenters. The Morgan fingerprint density at radius 3 is 2.69 bits per heavy atom. The fourth-order valence-electron chi connectivity index (χ4n) is 3.11. The molecule has 0 aliphatic carbocycles. The van der Waals surface area contributed by atoms with E-state index in [1.165, 1.54) is 6.07 Å². The number of hydrogen-bond acceptors (Lipinski definition) is 6. The maximum atomic E-state index is 12.3. The Morgan fingerprint density at radius 1 is 1.15 bits per heavy atom. The summed E-state index contributed by atoms with van der Waals surface area (Å²) in [6.45, 7) is 2.63. The number of rotatable bonds is 3. The summed E-state index contributed by atoms with van der Waals surface area (Å²) < 4.78 is 5.35. The van der Waals surface area contributed by atoms with Crippen molar-refractivity contribution in [2.75, 3.05) is 31.2 Å². The number of para-hydroxylation sites is 1. The lowest BCUT2D eigenvalue weighted by Crippen LogP contribution is -2.36. The lowest BCUT2D eigenvalue weighted by molar-refractivity contribution is -0.384. The van der Waals surface area contributed by atoms with Gasteiger partial charge in [-0.15, -0.1) is 0 Å². The van der Waals surface area contributed by atoms with E-state index in [0.29, 0.717) is 42.8 Å². The normalized spacial score (nSPS) is 14.5. The van der Waals surface area contributed by atoms with Crippen molar-refractivity contribution in [3.8, 4) is 11.4 Å². The molecular formula is C18H16N4O4. The van der Waals surface area contributed by atoms with Gasteiger partial charge in [0.05, 0.1) is 34.6 Å². The Hall–Kier alpha value is -3.26. The number of benzene rings is 2. The molecule has 1 aliphatic heterocycles. The third-order valence-electron chi connectivity index (χ3n) is 4.42. The second-order valence-corrected chi connectivity index (χ2v) is 5.99. The second-order valence-electron chi connectivity index (χ2n) is 5.99. The standard InChI is InChI=1S/C18H16N4O4/c23-18-13-3-1-2-4-15(13)19-17(20-18)14-11-12(5-6-16(14)22(24)25)21-7-9-26-10-8-21/h1-6,11H,7-10H2,(H,19,20,23). The number of nitrogens with one attached hydrogen (secondary N) is 1. The Balaban J connectivity index is 1.88. The van der Waals surface area contributed by atoms with E-state index in [1.807, 2.05) is 0 Å². The van der Waals surface area contributed by atoms with Gasteiger partial charge in [0.1, 0.15) is 5.82 Å². The van der Waals surface area contributed by atoms with E-state index in [4.69, 9.17) is 4.74 Å². The summed E-state index contributed by atoms with van der Waals surface area (Å²) in [6.07, 6.45) is 0. The van der Waals surface area contributed by atoms with E-state index in [-0.39, 0.29) is 17.1 Å². The summed E-state index contributed by atoms with van der Waals surface area (Å²) in [5.41, 5.74) is 1.21. The number of aromatic amines is 1. The summed E-state index contributed by atoms with van der Waals surface area (Å²) in [4.78, 5) is 32.6. The number of H-pyrrole nitrogens is 1. The Labute approximate surface area is 148 Å². The third kappa shape index (κ3) is 2.91. The van der Waals surface area contributed by atoms with E-state index >= 15 is 0 Å². The quantitative estimate of drug-likeness (QED) is 0.573. The zero-order valence-electron chi connectivity index (χ0n) is 13.8. The summed E-state index contributed by atoms with van der Waals surface area (Å²) in [5.74, 6) is 0.190. The molecule has 2 heterocycles. The van der Waals surface area contributed by atoms with E-state index in [1.54, 1.807) is 36.4 Å². The molecule has 132 valence electrons. The highest BCUT2D eigenvalue weighted by molar-refractivity contribution is 5.81. The van der Waals surface area contributed by atoms with Crippen molar-refractivity contribution >= 4 is 22.3 Å². The highest BCUT2D eigenvalue weighted by atomic mass is 16.6. The number of aromatic nitrogens is 2. The third-order valence-corrected chi connectivity index (χ3v) is 4.42. The van der Waals surface area contributed by atoms with Crippen LogP contribution < -0.4 is 10.5 Å². The molecule has 3 aromatic rings. The van der Waals surface area contributed by atoms with Gasteiger partial charge in [-0.3, -0.25) is 14.9 Å². The maximum Gasteiger partial charge on any atom is 0.280 e. The Kier molecular flexibility index (Phi) is 4.10. The lowest BCUT2D eigenvalue weighted by atomic mass is 10.1. The first-order valence-corrected chi connectivity index (χ1v) is 8.24. The van der Waals surface area contributed by atoms with Gasteiger partial charge in [-0.2, -0.15) is 0 Å². The SMILES string of the molecule is O=c1[nH]c(-c2cc(N3CCOCC3)ccc2[N+](=O)[O-])nc2ccccc12. The van der Waals surface area contributed by atoms with Gasteiger partial charge in [0.2, 0.25) is 0 Å². The van der Waals surface area contributed by atoms with Crippen LogP contribution in [-0.2, 0) is 4.74 Å². The number of morpholine rings is 1. The molecule has 0 spiro atoms. The molecule has 1 saturated heterocycles. The molecule has 8 heteroatoms. The Bertz CT molecular complexity index is 1040. The van der Waals surface area contributed by atoms with Crippen LogP contribution in [0, 0.1) is 10.1 Å². The van der Waals surface area contributed by atoms with Crippen molar-refractivity contribution in [3.63, 3.8) is 0 Å². The highest BCUT2D eigenvalue weighted by Gasteiger charge is 2.21. The first-order chi connectivity index (χ1) is 12.6. The predicted molar refractivity (Wildman–Crippen MR) is 97.5 cm³/mol. The van der Waals surface area contributed by atoms with Gasteiger partial charge in [-0.1, -0.05) is 12.1 Å². The van der Waals surface area contributed by atoms with E-state index in [9.17, 15) is 14.9 Å². The maximum absolute atomic E-state index is 12.3. The molecule has 0 amide bonds. The molecule has 0 unspecified atom stereocenters. The van der Waals surface area contributed by atoms with Crippen molar-refractivity contribution in [2.45, 2.75) is 0 Å². The molecule has 0 radical (unpaired) electrons. The molecule has 4 rings (SSSR count). The summed E-state index contributed by atoms with van der Waals surface area (Å²) in [5, 5.41) is 11.9. The van der Waals surface area contributed by atoms with Crippen LogP contribution in [0.25, 0.3) is 22.3 Å². The molecule has 2 aromatic carbocycles. The summed E-state index contributed by atoms with van der Waals surface area (Å²) in [6, 6.07) is 11.8. The van der Waals surface area contributed by atoms with Crippen LogP contribution in [0.4, 0.5) is 11.4 Å². The topological polar surface area (TPSA) is 101 Å². The summed E-state index contributed by atoms with van der Waals surface area (Å²) in [7, 11) is 0. The van der Waals surface area contributed by atoms with Crippen molar-refractivity contribution < 1.29 is 9.66 Å². The van der Waals surface area contributed by atoms with Crippen molar-refractivity contribution in [3.05, 3.63) is 62.9 Å². The van der Waals surface area contributed by atoms with Gasteiger partial charge in [-0.25, -0.2) is 4.98 Å². The van der Waals surface area contributed by atoms with E-state index in [2.05, 4.69) is 14.9 Å². The highest BCUT2D eigenvalue weighted by Crippen LogP contribution is 2.32. The number of nitro benzene ring substituents is 1. The van der Waals surface area contributed by atoms with Crippen LogP contribution in [0.3, 0.4) is 0 Å². The zero-order chi connectivity index (χ0) is 18.1. The number of anilines is 1. The van der Waals surface area contributed by atoms with Crippen LogP contribution in [0.5, 0.6) is 0 Å². The van der Waals surface area contributed by atoms with E-state index in [0.717, 1.165) is 5.69 Å². The van der Waals surface area contributed by atoms with E-state index < -0.39 is 4.92 Å². The average molecular weight is 352 g/mol. The smallest absolute Gasteiger partial charge is 0.280 e. The summed E-state index contributed by atoms with van der Waals surface area (Å²) >= 11 is 0. The van der Waals surface area contributed by atoms with Gasteiger partial charge in [-0.05, 0) is 24.3 Å². The lowest BCUT2D eigenvalue weighted by Gasteiger charge is -2.29. The number of fused-ring (bicyclic) bond motifs is 1. The first kappa shape index (κ1) is 16.2. The van der Waals surface area contributed by atoms with Crippen LogP contribution in [0.2, 0.25) is 0 Å². The molecule has 0 saturated carbocycles. The largest absolute Gasteiger partial charge is 0.378 e. The van der Waals surface area contributed by atoms with Crippen LogP contribution in [-0.4, -0.2) is 41.2 Å². The zero-order valence-corrected chi connectivity index (χ0v) is 13.8. The average Bonchev–Trinajstić information content (AvgIpc) is 2.68. The van der Waals surface area contributed by atoms with Gasteiger partial charge in [0.25, 0.3) is 11.2 Å². The van der Waals surface area contributed by atoms with Crippen molar-refractivity contribution in [1.29, 1.82) is 0 Å². The molecule has 1 N–H and O–H groups in total. The van der Waals surface area contributed by atoms with Gasteiger partial charge < -0.3 is 14.6 Å². The van der Waals surface area contributed by atoms with Crippen LogP contribution >= 0.6 is 0 Å². The van der Waals surface area contributed by atoms with Crippen molar-refractivity contribution in [1.82, 2.24) is 9.97 Å². The minimum absolute atomic E-state index is 0.0968. The van der Waals surface area contributed by atoms with Gasteiger partial charge >= 0.3 is 0 Å². The fourth-order valence-corrected chi connectivity index (χ4v) is 3.11. The van der Waals surface area contributed by atoms with Crippen LogP contribution in [0.15, 0.2) is 47.3 Å². The number of nitrogens with zero attached hydrogens (tertiary/aromatic N) is 3. The molecule has 1 fully saturated rings. The molecular weight excluding hydrogens is 336 g/mol. The Morgan fingerprint density at radius 2 is 1.92 bits per heavy atom. The molecule has 8 nitrogen and oxygen atoms in total. The van der Waals surface area contributed by atoms with Gasteiger partial charge in [0.15, 0.2) is 0 Å².